The van der Waals surface area contributed by atoms with Crippen LogP contribution < -0.4 is 5.32 Å². The molecule has 0 saturated carbocycles. The largest absolute Gasteiger partial charge is 0.361 e. The number of benzene rings is 1. The van der Waals surface area contributed by atoms with Gasteiger partial charge in [-0.15, -0.1) is 11.3 Å². The smallest absolute Gasteiger partial charge is 0.253 e. The van der Waals surface area contributed by atoms with Crippen LogP contribution in [0.3, 0.4) is 0 Å². The number of likely N-dealkylation sites (tertiary alicyclic amines) is 1. The minimum absolute atomic E-state index is 0.00254. The molecule has 0 bridgehead atoms. The third-order valence-electron chi connectivity index (χ3n) is 4.90. The molecule has 3 aromatic rings. The Hall–Kier alpha value is -2.60. The predicted molar refractivity (Wildman–Crippen MR) is 103 cm³/mol. The van der Waals surface area contributed by atoms with E-state index in [1.54, 1.807) is 11.3 Å². The molecule has 0 spiro atoms. The monoisotopic (exact) mass is 367 g/mol. The van der Waals surface area contributed by atoms with Crippen LogP contribution in [-0.4, -0.2) is 34.8 Å². The van der Waals surface area contributed by atoms with Gasteiger partial charge in [-0.05, 0) is 47.9 Å². The third kappa shape index (κ3) is 3.51. The minimum Gasteiger partial charge on any atom is -0.361 e. The van der Waals surface area contributed by atoms with E-state index in [0.29, 0.717) is 25.2 Å². The van der Waals surface area contributed by atoms with Crippen molar-refractivity contribution >= 4 is 34.1 Å². The summed E-state index contributed by atoms with van der Waals surface area (Å²) in [6.07, 6.45) is 3.55. The zero-order valence-corrected chi connectivity index (χ0v) is 15.2. The zero-order chi connectivity index (χ0) is 17.9. The van der Waals surface area contributed by atoms with Crippen molar-refractivity contribution in [2.45, 2.75) is 19.4 Å². The van der Waals surface area contributed by atoms with Crippen LogP contribution in [0.15, 0.2) is 48.0 Å². The van der Waals surface area contributed by atoms with Crippen molar-refractivity contribution in [1.29, 1.82) is 0 Å². The number of aromatic nitrogens is 1. The Balaban J connectivity index is 1.40. The van der Waals surface area contributed by atoms with Gasteiger partial charge in [0.2, 0.25) is 5.91 Å². The number of H-pyrrole nitrogens is 1. The molecule has 0 aliphatic carbocycles. The first-order chi connectivity index (χ1) is 12.7. The van der Waals surface area contributed by atoms with E-state index in [-0.39, 0.29) is 17.7 Å². The van der Waals surface area contributed by atoms with Crippen LogP contribution in [0.25, 0.3) is 10.9 Å². The summed E-state index contributed by atoms with van der Waals surface area (Å²) in [5.41, 5.74) is 1.62. The summed E-state index contributed by atoms with van der Waals surface area (Å²) in [4.78, 5) is 31.4. The Morgan fingerprint density at radius 1 is 1.27 bits per heavy atom. The van der Waals surface area contributed by atoms with Crippen LogP contribution in [0.4, 0.5) is 0 Å². The highest BCUT2D eigenvalue weighted by atomic mass is 32.1. The highest BCUT2D eigenvalue weighted by Gasteiger charge is 2.29. The van der Waals surface area contributed by atoms with E-state index in [1.807, 2.05) is 52.9 Å². The molecule has 2 aromatic heterocycles. The fourth-order valence-electron chi connectivity index (χ4n) is 3.47. The molecular weight excluding hydrogens is 346 g/mol. The van der Waals surface area contributed by atoms with Crippen LogP contribution in [0.5, 0.6) is 0 Å². The average Bonchev–Trinajstić information content (AvgIpc) is 3.36. The van der Waals surface area contributed by atoms with Crippen LogP contribution in [-0.2, 0) is 11.3 Å². The van der Waals surface area contributed by atoms with E-state index in [2.05, 4.69) is 10.3 Å². The molecule has 0 unspecified atom stereocenters. The minimum atomic E-state index is -0.137. The number of amides is 2. The Labute approximate surface area is 156 Å². The summed E-state index contributed by atoms with van der Waals surface area (Å²) in [6, 6.07) is 11.7. The Morgan fingerprint density at radius 2 is 2.19 bits per heavy atom. The second-order valence-electron chi connectivity index (χ2n) is 6.67. The molecule has 2 N–H and O–H groups in total. The maximum atomic E-state index is 12.9. The van der Waals surface area contributed by atoms with E-state index in [9.17, 15) is 9.59 Å². The number of hydrogen-bond acceptors (Lipinski definition) is 3. The first-order valence-electron chi connectivity index (χ1n) is 8.87. The lowest BCUT2D eigenvalue weighted by molar-refractivity contribution is -0.126. The molecule has 26 heavy (non-hydrogen) atoms. The number of rotatable bonds is 4. The molecule has 3 heterocycles. The molecule has 4 rings (SSSR count). The lowest BCUT2D eigenvalue weighted by atomic mass is 9.96. The van der Waals surface area contributed by atoms with Crippen molar-refractivity contribution < 1.29 is 9.59 Å². The zero-order valence-electron chi connectivity index (χ0n) is 14.4. The maximum Gasteiger partial charge on any atom is 0.253 e. The van der Waals surface area contributed by atoms with E-state index in [4.69, 9.17) is 0 Å². The van der Waals surface area contributed by atoms with Crippen molar-refractivity contribution in [1.82, 2.24) is 15.2 Å². The molecule has 134 valence electrons. The summed E-state index contributed by atoms with van der Waals surface area (Å²) < 4.78 is 0. The number of hydrogen-bond donors (Lipinski definition) is 2. The van der Waals surface area contributed by atoms with Crippen LogP contribution in [0.1, 0.15) is 28.1 Å². The van der Waals surface area contributed by atoms with Gasteiger partial charge in [0, 0.05) is 35.2 Å². The molecule has 5 nitrogen and oxygen atoms in total. The number of carbonyl (C=O) groups is 2. The van der Waals surface area contributed by atoms with Gasteiger partial charge in [-0.1, -0.05) is 12.1 Å². The number of aromatic amines is 1. The van der Waals surface area contributed by atoms with Crippen molar-refractivity contribution in [3.05, 3.63) is 58.4 Å². The molecule has 1 aromatic carbocycles. The van der Waals surface area contributed by atoms with Gasteiger partial charge >= 0.3 is 0 Å². The SMILES string of the molecule is O=C(NCc1cccs1)[C@@H]1CCCN(C(=O)c2ccc3cc[nH]c3c2)C1. The summed E-state index contributed by atoms with van der Waals surface area (Å²) in [5, 5.41) is 6.10. The van der Waals surface area contributed by atoms with E-state index >= 15 is 0 Å². The van der Waals surface area contributed by atoms with Gasteiger partial charge in [-0.2, -0.15) is 0 Å². The molecule has 1 fully saturated rings. The number of nitrogens with zero attached hydrogens (tertiary/aromatic N) is 1. The second-order valence-corrected chi connectivity index (χ2v) is 7.70. The van der Waals surface area contributed by atoms with Crippen LogP contribution in [0.2, 0.25) is 0 Å². The van der Waals surface area contributed by atoms with E-state index in [0.717, 1.165) is 28.6 Å². The van der Waals surface area contributed by atoms with Crippen molar-refractivity contribution in [2.75, 3.05) is 13.1 Å². The van der Waals surface area contributed by atoms with Gasteiger partial charge in [0.25, 0.3) is 5.91 Å². The van der Waals surface area contributed by atoms with E-state index < -0.39 is 0 Å². The first kappa shape index (κ1) is 16.8. The van der Waals surface area contributed by atoms with Crippen molar-refractivity contribution in [2.24, 2.45) is 5.92 Å². The Kier molecular flexibility index (Phi) is 4.75. The summed E-state index contributed by atoms with van der Waals surface area (Å²) in [5.74, 6) is -0.102. The lowest BCUT2D eigenvalue weighted by Gasteiger charge is -2.32. The first-order valence-corrected chi connectivity index (χ1v) is 9.75. The normalized spacial score (nSPS) is 17.4. The summed E-state index contributed by atoms with van der Waals surface area (Å²) >= 11 is 1.63. The molecule has 1 saturated heterocycles. The molecular formula is C20H21N3O2S. The van der Waals surface area contributed by atoms with Crippen molar-refractivity contribution in [3.8, 4) is 0 Å². The second kappa shape index (κ2) is 7.33. The third-order valence-corrected chi connectivity index (χ3v) is 5.77. The fraction of sp³-hybridized carbons (Fsp3) is 0.300. The maximum absolute atomic E-state index is 12.9. The van der Waals surface area contributed by atoms with Gasteiger partial charge in [0.05, 0.1) is 12.5 Å². The van der Waals surface area contributed by atoms with Crippen molar-refractivity contribution in [3.63, 3.8) is 0 Å². The molecule has 6 heteroatoms. The summed E-state index contributed by atoms with van der Waals surface area (Å²) in [6.45, 7) is 1.75. The number of fused-ring (bicyclic) bond motifs is 1. The highest BCUT2D eigenvalue weighted by molar-refractivity contribution is 7.09. The lowest BCUT2D eigenvalue weighted by Crippen LogP contribution is -2.45. The molecule has 1 atom stereocenters. The number of nitrogens with one attached hydrogen (secondary N) is 2. The number of thiophene rings is 1. The number of carbonyl (C=O) groups excluding carboxylic acids is 2. The van der Waals surface area contributed by atoms with Crippen LogP contribution >= 0.6 is 11.3 Å². The predicted octanol–water partition coefficient (Wildman–Crippen LogP) is 3.40. The van der Waals surface area contributed by atoms with Crippen LogP contribution in [0, 0.1) is 5.92 Å². The van der Waals surface area contributed by atoms with E-state index in [1.165, 1.54) is 0 Å². The van der Waals surface area contributed by atoms with Gasteiger partial charge in [0.1, 0.15) is 0 Å². The van der Waals surface area contributed by atoms with Gasteiger partial charge < -0.3 is 15.2 Å². The Bertz CT molecular complexity index is 916. The number of piperidine rings is 1. The van der Waals surface area contributed by atoms with Gasteiger partial charge in [-0.25, -0.2) is 0 Å². The molecule has 1 aliphatic heterocycles. The molecule has 2 amide bonds. The molecule has 1 aliphatic rings. The average molecular weight is 367 g/mol. The summed E-state index contributed by atoms with van der Waals surface area (Å²) in [7, 11) is 0. The topological polar surface area (TPSA) is 65.2 Å². The fourth-order valence-corrected chi connectivity index (χ4v) is 4.12. The van der Waals surface area contributed by atoms with Gasteiger partial charge in [0.15, 0.2) is 0 Å². The quantitative estimate of drug-likeness (QED) is 0.742. The molecule has 0 radical (unpaired) electrons. The van der Waals surface area contributed by atoms with Gasteiger partial charge in [-0.3, -0.25) is 9.59 Å². The standard InChI is InChI=1S/C20H21N3O2S/c24-19(22-12-17-4-2-10-26-17)16-3-1-9-23(13-16)20(25)15-6-5-14-7-8-21-18(14)11-15/h2,4-8,10-11,16,21H,1,3,9,12-13H2,(H,22,24)/t16-/m1/s1. The Morgan fingerprint density at radius 3 is 3.04 bits per heavy atom. The highest BCUT2D eigenvalue weighted by Crippen LogP contribution is 2.21.